The first kappa shape index (κ1) is 10.2. The number of ether oxygens (including phenoxy) is 1. The zero-order valence-electron chi connectivity index (χ0n) is 8.69. The lowest BCUT2D eigenvalue weighted by molar-refractivity contribution is -0.0184. The van der Waals surface area contributed by atoms with Crippen molar-refractivity contribution in [3.8, 4) is 0 Å². The zero-order chi connectivity index (χ0) is 9.80. The monoisotopic (exact) mass is 196 g/mol. The molecule has 2 heteroatoms. The van der Waals surface area contributed by atoms with Crippen LogP contribution in [0.1, 0.15) is 44.9 Å². The van der Waals surface area contributed by atoms with Gasteiger partial charge in [0.2, 0.25) is 0 Å². The number of aliphatic hydroxyl groups excluding tert-OH is 1. The smallest absolute Gasteiger partial charge is 0.0761 e. The van der Waals surface area contributed by atoms with Gasteiger partial charge in [-0.1, -0.05) is 31.4 Å². The first-order valence-electron chi connectivity index (χ1n) is 5.86. The fraction of sp³-hybridized carbons (Fsp3) is 0.833. The van der Waals surface area contributed by atoms with E-state index in [-0.39, 0.29) is 12.2 Å². The van der Waals surface area contributed by atoms with Gasteiger partial charge in [-0.2, -0.15) is 0 Å². The molecular formula is C12H20O2. The normalized spacial score (nSPS) is 34.6. The Labute approximate surface area is 86.0 Å². The van der Waals surface area contributed by atoms with Crippen LogP contribution in [0.2, 0.25) is 0 Å². The van der Waals surface area contributed by atoms with E-state index in [0.29, 0.717) is 6.10 Å². The van der Waals surface area contributed by atoms with E-state index in [4.69, 9.17) is 4.74 Å². The summed E-state index contributed by atoms with van der Waals surface area (Å²) in [5.41, 5.74) is 0. The molecule has 0 saturated heterocycles. The summed E-state index contributed by atoms with van der Waals surface area (Å²) in [4.78, 5) is 0. The van der Waals surface area contributed by atoms with Gasteiger partial charge in [0.25, 0.3) is 0 Å². The summed E-state index contributed by atoms with van der Waals surface area (Å²) in [5.74, 6) is 0. The molecule has 0 heterocycles. The van der Waals surface area contributed by atoms with Gasteiger partial charge in [-0.25, -0.2) is 0 Å². The van der Waals surface area contributed by atoms with Crippen LogP contribution in [-0.4, -0.2) is 23.4 Å². The molecule has 2 unspecified atom stereocenters. The Bertz CT molecular complexity index is 194. The third-order valence-corrected chi connectivity index (χ3v) is 3.21. The number of hydrogen-bond donors (Lipinski definition) is 1. The van der Waals surface area contributed by atoms with Crippen molar-refractivity contribution in [2.45, 2.75) is 63.3 Å². The minimum atomic E-state index is -0.235. The molecule has 2 atom stereocenters. The Balaban J connectivity index is 1.76. The Morgan fingerprint density at radius 3 is 2.36 bits per heavy atom. The minimum Gasteiger partial charge on any atom is -0.389 e. The zero-order valence-corrected chi connectivity index (χ0v) is 8.69. The van der Waals surface area contributed by atoms with Gasteiger partial charge in [0.05, 0.1) is 18.3 Å². The molecule has 0 aromatic carbocycles. The molecule has 0 bridgehead atoms. The summed E-state index contributed by atoms with van der Waals surface area (Å²) in [5, 5.41) is 9.29. The highest BCUT2D eigenvalue weighted by atomic mass is 16.5. The predicted octanol–water partition coefficient (Wildman–Crippen LogP) is 2.42. The minimum absolute atomic E-state index is 0.235. The Morgan fingerprint density at radius 2 is 1.71 bits per heavy atom. The third-order valence-electron chi connectivity index (χ3n) is 3.21. The average Bonchev–Trinajstić information content (AvgIpc) is 2.23. The molecule has 0 spiro atoms. The van der Waals surface area contributed by atoms with Crippen molar-refractivity contribution in [2.75, 3.05) is 0 Å². The molecule has 80 valence electrons. The van der Waals surface area contributed by atoms with Gasteiger partial charge in [0.1, 0.15) is 0 Å². The Morgan fingerprint density at radius 1 is 0.929 bits per heavy atom. The standard InChI is InChI=1S/C12H20O2/c13-10-6-8-12(9-7-10)14-11-4-2-1-3-5-11/h6,8,10-13H,1-5,7,9H2. The highest BCUT2D eigenvalue weighted by molar-refractivity contribution is 4.99. The van der Waals surface area contributed by atoms with Gasteiger partial charge in [-0.05, 0) is 25.7 Å². The second-order valence-corrected chi connectivity index (χ2v) is 4.46. The summed E-state index contributed by atoms with van der Waals surface area (Å²) in [7, 11) is 0. The van der Waals surface area contributed by atoms with Crippen LogP contribution in [0.3, 0.4) is 0 Å². The fourth-order valence-electron chi connectivity index (χ4n) is 2.34. The number of hydrogen-bond acceptors (Lipinski definition) is 2. The summed E-state index contributed by atoms with van der Waals surface area (Å²) in [6.07, 6.45) is 12.7. The molecule has 1 saturated carbocycles. The number of aliphatic hydroxyl groups is 1. The largest absolute Gasteiger partial charge is 0.389 e. The Hall–Kier alpha value is -0.340. The van der Waals surface area contributed by atoms with Gasteiger partial charge in [0, 0.05) is 0 Å². The van der Waals surface area contributed by atoms with Crippen LogP contribution >= 0.6 is 0 Å². The van der Waals surface area contributed by atoms with Gasteiger partial charge < -0.3 is 9.84 Å². The molecule has 0 amide bonds. The summed E-state index contributed by atoms with van der Waals surface area (Å²) in [6, 6.07) is 0. The van der Waals surface area contributed by atoms with Crippen LogP contribution < -0.4 is 0 Å². The van der Waals surface area contributed by atoms with E-state index in [1.165, 1.54) is 32.1 Å². The summed E-state index contributed by atoms with van der Waals surface area (Å²) >= 11 is 0. The Kier molecular flexibility index (Phi) is 3.60. The van der Waals surface area contributed by atoms with Crippen molar-refractivity contribution in [1.29, 1.82) is 0 Å². The van der Waals surface area contributed by atoms with Crippen molar-refractivity contribution in [3.63, 3.8) is 0 Å². The van der Waals surface area contributed by atoms with Gasteiger partial charge in [0.15, 0.2) is 0 Å². The van der Waals surface area contributed by atoms with Crippen molar-refractivity contribution in [3.05, 3.63) is 12.2 Å². The SMILES string of the molecule is OC1C=CC(OC2CCCCC2)CC1. The van der Waals surface area contributed by atoms with Gasteiger partial charge in [-0.3, -0.25) is 0 Å². The van der Waals surface area contributed by atoms with E-state index >= 15 is 0 Å². The molecule has 1 fully saturated rings. The van der Waals surface area contributed by atoms with Crippen molar-refractivity contribution >= 4 is 0 Å². The van der Waals surface area contributed by atoms with Crippen LogP contribution in [0.25, 0.3) is 0 Å². The molecule has 2 rings (SSSR count). The highest BCUT2D eigenvalue weighted by Crippen LogP contribution is 2.24. The van der Waals surface area contributed by atoms with E-state index in [1.807, 2.05) is 12.2 Å². The van der Waals surface area contributed by atoms with Crippen molar-refractivity contribution in [2.24, 2.45) is 0 Å². The first-order chi connectivity index (χ1) is 6.84. The molecule has 2 nitrogen and oxygen atoms in total. The first-order valence-corrected chi connectivity index (χ1v) is 5.86. The maximum absolute atomic E-state index is 9.29. The lowest BCUT2D eigenvalue weighted by Crippen LogP contribution is -2.26. The second kappa shape index (κ2) is 4.94. The van der Waals surface area contributed by atoms with E-state index in [2.05, 4.69) is 0 Å². The lowest BCUT2D eigenvalue weighted by Gasteiger charge is -2.28. The predicted molar refractivity (Wildman–Crippen MR) is 56.1 cm³/mol. The van der Waals surface area contributed by atoms with Gasteiger partial charge in [-0.15, -0.1) is 0 Å². The van der Waals surface area contributed by atoms with Crippen LogP contribution in [0, 0.1) is 0 Å². The summed E-state index contributed by atoms with van der Waals surface area (Å²) < 4.78 is 5.98. The summed E-state index contributed by atoms with van der Waals surface area (Å²) in [6.45, 7) is 0. The lowest BCUT2D eigenvalue weighted by atomic mass is 9.96. The maximum atomic E-state index is 9.29. The average molecular weight is 196 g/mol. The van der Waals surface area contributed by atoms with Crippen molar-refractivity contribution < 1.29 is 9.84 Å². The molecule has 0 aliphatic heterocycles. The van der Waals surface area contributed by atoms with Crippen LogP contribution in [0.4, 0.5) is 0 Å². The molecule has 0 radical (unpaired) electrons. The molecule has 2 aliphatic carbocycles. The van der Waals surface area contributed by atoms with E-state index in [1.54, 1.807) is 0 Å². The van der Waals surface area contributed by atoms with Crippen LogP contribution in [0.15, 0.2) is 12.2 Å². The van der Waals surface area contributed by atoms with E-state index in [0.717, 1.165) is 12.8 Å². The van der Waals surface area contributed by atoms with Gasteiger partial charge >= 0.3 is 0 Å². The highest BCUT2D eigenvalue weighted by Gasteiger charge is 2.20. The molecule has 0 aromatic rings. The molecule has 1 N–H and O–H groups in total. The fourth-order valence-corrected chi connectivity index (χ4v) is 2.34. The topological polar surface area (TPSA) is 29.5 Å². The molecule has 0 aromatic heterocycles. The van der Waals surface area contributed by atoms with Crippen LogP contribution in [0.5, 0.6) is 0 Å². The molecule has 2 aliphatic rings. The number of rotatable bonds is 2. The maximum Gasteiger partial charge on any atom is 0.0761 e. The second-order valence-electron chi connectivity index (χ2n) is 4.46. The third kappa shape index (κ3) is 2.82. The van der Waals surface area contributed by atoms with Crippen LogP contribution in [-0.2, 0) is 4.74 Å². The molecular weight excluding hydrogens is 176 g/mol. The quantitative estimate of drug-likeness (QED) is 0.687. The molecule has 14 heavy (non-hydrogen) atoms. The van der Waals surface area contributed by atoms with E-state index < -0.39 is 0 Å². The van der Waals surface area contributed by atoms with E-state index in [9.17, 15) is 5.11 Å². The van der Waals surface area contributed by atoms with Crippen molar-refractivity contribution in [1.82, 2.24) is 0 Å².